The number of fused-ring (bicyclic) bond motifs is 1. The van der Waals surface area contributed by atoms with Crippen molar-refractivity contribution in [3.05, 3.63) is 71.7 Å². The number of hydrogen-bond acceptors (Lipinski definition) is 3. The van der Waals surface area contributed by atoms with Gasteiger partial charge in [-0.3, -0.25) is 9.59 Å². The molecule has 0 bridgehead atoms. The minimum Gasteiger partial charge on any atom is -0.356 e. The number of rotatable bonds is 9. The van der Waals surface area contributed by atoms with Gasteiger partial charge in [-0.2, -0.15) is 0 Å². The van der Waals surface area contributed by atoms with E-state index in [0.29, 0.717) is 24.3 Å². The Balaban J connectivity index is 1.11. The zero-order valence-electron chi connectivity index (χ0n) is 23.5. The molecule has 1 aromatic heterocycles. The Morgan fingerprint density at radius 1 is 0.975 bits per heavy atom. The standard InChI is InChI=1S/C33H41FN4O2/c1-23(39)35-15-3-16-37-19-14-27-4-2-5-30(32(27)37)33(40)38-21-28(31(22-38)26-6-7-26)20-36-17-12-25(13-18-36)24-8-10-29(34)11-9-24/h2,4-5,8-11,14,19,25-26,28,31H,3,6-7,12-13,15-18,20-22H2,1H3,(H,35,39). The zero-order chi connectivity index (χ0) is 27.6. The molecule has 3 heterocycles. The van der Waals surface area contributed by atoms with Gasteiger partial charge in [-0.1, -0.05) is 24.3 Å². The molecule has 3 aromatic rings. The minimum atomic E-state index is -0.168. The lowest BCUT2D eigenvalue weighted by molar-refractivity contribution is -0.118. The van der Waals surface area contributed by atoms with Crippen molar-refractivity contribution in [2.24, 2.45) is 17.8 Å². The normalized spacial score (nSPS) is 22.2. The number of para-hydroxylation sites is 1. The van der Waals surface area contributed by atoms with Crippen molar-refractivity contribution < 1.29 is 14.0 Å². The van der Waals surface area contributed by atoms with Crippen LogP contribution in [-0.4, -0.2) is 65.4 Å². The molecule has 212 valence electrons. The topological polar surface area (TPSA) is 57.6 Å². The van der Waals surface area contributed by atoms with Crippen molar-refractivity contribution in [1.29, 1.82) is 0 Å². The second kappa shape index (κ2) is 11.7. The fourth-order valence-corrected chi connectivity index (χ4v) is 7.13. The number of nitrogens with one attached hydrogen (secondary N) is 1. The summed E-state index contributed by atoms with van der Waals surface area (Å²) >= 11 is 0. The van der Waals surface area contributed by atoms with Crippen LogP contribution >= 0.6 is 0 Å². The first-order valence-electron chi connectivity index (χ1n) is 15.1. The molecule has 1 saturated carbocycles. The Bertz CT molecular complexity index is 1340. The minimum absolute atomic E-state index is 0.0146. The maximum absolute atomic E-state index is 14.0. The van der Waals surface area contributed by atoms with Crippen molar-refractivity contribution >= 4 is 22.7 Å². The molecule has 2 aliphatic heterocycles. The van der Waals surface area contributed by atoms with Crippen LogP contribution in [0.3, 0.4) is 0 Å². The SMILES string of the molecule is CC(=O)NCCCn1ccc2cccc(C(=O)N3CC(CN4CCC(c5ccc(F)cc5)CC4)C(C4CC4)C3)c21. The van der Waals surface area contributed by atoms with E-state index in [-0.39, 0.29) is 17.6 Å². The number of hydrogen-bond donors (Lipinski definition) is 1. The predicted octanol–water partition coefficient (Wildman–Crippen LogP) is 5.28. The lowest BCUT2D eigenvalue weighted by atomic mass is 9.87. The predicted molar refractivity (Wildman–Crippen MR) is 156 cm³/mol. The van der Waals surface area contributed by atoms with Gasteiger partial charge in [0.25, 0.3) is 5.91 Å². The summed E-state index contributed by atoms with van der Waals surface area (Å²) < 4.78 is 15.5. The Labute approximate surface area is 236 Å². The van der Waals surface area contributed by atoms with E-state index in [1.807, 2.05) is 24.3 Å². The van der Waals surface area contributed by atoms with Crippen LogP contribution in [0.2, 0.25) is 0 Å². The summed E-state index contributed by atoms with van der Waals surface area (Å²) in [6.45, 7) is 7.81. The van der Waals surface area contributed by atoms with Gasteiger partial charge in [0.2, 0.25) is 5.91 Å². The first-order chi connectivity index (χ1) is 19.5. The molecule has 7 heteroatoms. The second-order valence-corrected chi connectivity index (χ2v) is 12.2. The molecule has 2 saturated heterocycles. The van der Waals surface area contributed by atoms with Gasteiger partial charge in [0.1, 0.15) is 5.82 Å². The molecule has 3 fully saturated rings. The number of piperidine rings is 1. The summed E-state index contributed by atoms with van der Waals surface area (Å²) in [6, 6.07) is 15.2. The fourth-order valence-electron chi connectivity index (χ4n) is 7.13. The monoisotopic (exact) mass is 544 g/mol. The third-order valence-corrected chi connectivity index (χ3v) is 9.40. The van der Waals surface area contributed by atoms with E-state index in [0.717, 1.165) is 80.9 Å². The fraction of sp³-hybridized carbons (Fsp3) is 0.515. The molecule has 0 radical (unpaired) electrons. The molecule has 3 aliphatic rings. The van der Waals surface area contributed by atoms with Gasteiger partial charge in [0, 0.05) is 51.2 Å². The van der Waals surface area contributed by atoms with E-state index >= 15 is 0 Å². The highest BCUT2D eigenvalue weighted by atomic mass is 19.1. The molecule has 6 nitrogen and oxygen atoms in total. The van der Waals surface area contributed by atoms with E-state index in [2.05, 4.69) is 38.0 Å². The molecule has 1 N–H and O–H groups in total. The summed E-state index contributed by atoms with van der Waals surface area (Å²) in [5, 5.41) is 3.95. The van der Waals surface area contributed by atoms with Crippen LogP contribution in [0.15, 0.2) is 54.7 Å². The van der Waals surface area contributed by atoms with Gasteiger partial charge >= 0.3 is 0 Å². The smallest absolute Gasteiger partial charge is 0.256 e. The van der Waals surface area contributed by atoms with Crippen LogP contribution in [0.25, 0.3) is 10.9 Å². The molecule has 2 aromatic carbocycles. The number of amides is 2. The number of aromatic nitrogens is 1. The second-order valence-electron chi connectivity index (χ2n) is 12.2. The van der Waals surface area contributed by atoms with Gasteiger partial charge in [-0.05, 0) is 98.7 Å². The van der Waals surface area contributed by atoms with Crippen molar-refractivity contribution in [2.45, 2.75) is 51.5 Å². The van der Waals surface area contributed by atoms with E-state index in [1.165, 1.54) is 25.3 Å². The van der Waals surface area contributed by atoms with Crippen LogP contribution in [0, 0.1) is 23.6 Å². The number of halogens is 1. The van der Waals surface area contributed by atoms with Gasteiger partial charge in [0.05, 0.1) is 11.1 Å². The maximum atomic E-state index is 14.0. The van der Waals surface area contributed by atoms with E-state index in [4.69, 9.17) is 0 Å². The number of aryl methyl sites for hydroxylation is 1. The summed E-state index contributed by atoms with van der Waals surface area (Å²) in [4.78, 5) is 30.0. The quantitative estimate of drug-likeness (QED) is 0.373. The van der Waals surface area contributed by atoms with Crippen LogP contribution < -0.4 is 5.32 Å². The van der Waals surface area contributed by atoms with Crippen LogP contribution in [0.4, 0.5) is 4.39 Å². The lowest BCUT2D eigenvalue weighted by Gasteiger charge is -2.34. The number of carbonyl (C=O) groups is 2. The summed E-state index contributed by atoms with van der Waals surface area (Å²) in [5.41, 5.74) is 3.05. The summed E-state index contributed by atoms with van der Waals surface area (Å²) in [7, 11) is 0. The van der Waals surface area contributed by atoms with E-state index < -0.39 is 0 Å². The van der Waals surface area contributed by atoms with E-state index in [9.17, 15) is 14.0 Å². The van der Waals surface area contributed by atoms with Crippen molar-refractivity contribution in [1.82, 2.24) is 19.7 Å². The van der Waals surface area contributed by atoms with Crippen LogP contribution in [0.1, 0.15) is 60.9 Å². The number of benzene rings is 2. The lowest BCUT2D eigenvalue weighted by Crippen LogP contribution is -2.39. The summed E-state index contributed by atoms with van der Waals surface area (Å²) in [5.74, 6) is 2.33. The third kappa shape index (κ3) is 5.95. The highest BCUT2D eigenvalue weighted by molar-refractivity contribution is 6.06. The maximum Gasteiger partial charge on any atom is 0.256 e. The average Bonchev–Trinajstić information content (AvgIpc) is 3.59. The Kier molecular flexibility index (Phi) is 7.92. The van der Waals surface area contributed by atoms with Crippen LogP contribution in [-0.2, 0) is 11.3 Å². The number of nitrogens with zero attached hydrogens (tertiary/aromatic N) is 3. The van der Waals surface area contributed by atoms with Gasteiger partial charge in [0.15, 0.2) is 0 Å². The molecule has 0 spiro atoms. The first-order valence-corrected chi connectivity index (χ1v) is 15.1. The Morgan fingerprint density at radius 3 is 2.48 bits per heavy atom. The van der Waals surface area contributed by atoms with Crippen molar-refractivity contribution in [2.75, 3.05) is 39.3 Å². The molecular formula is C33H41FN4O2. The number of likely N-dealkylation sites (tertiary alicyclic amines) is 2. The zero-order valence-corrected chi connectivity index (χ0v) is 23.5. The number of carbonyl (C=O) groups excluding carboxylic acids is 2. The Morgan fingerprint density at radius 2 is 1.75 bits per heavy atom. The largest absolute Gasteiger partial charge is 0.356 e. The Hall–Kier alpha value is -3.19. The van der Waals surface area contributed by atoms with Crippen molar-refractivity contribution in [3.8, 4) is 0 Å². The molecule has 6 rings (SSSR count). The third-order valence-electron chi connectivity index (χ3n) is 9.40. The van der Waals surface area contributed by atoms with Crippen molar-refractivity contribution in [3.63, 3.8) is 0 Å². The van der Waals surface area contributed by atoms with Gasteiger partial charge in [-0.15, -0.1) is 0 Å². The molecular weight excluding hydrogens is 503 g/mol. The molecule has 1 aliphatic carbocycles. The summed E-state index contributed by atoms with van der Waals surface area (Å²) in [6.07, 6.45) is 7.68. The van der Waals surface area contributed by atoms with Gasteiger partial charge < -0.3 is 19.7 Å². The average molecular weight is 545 g/mol. The first kappa shape index (κ1) is 27.0. The molecule has 40 heavy (non-hydrogen) atoms. The van der Waals surface area contributed by atoms with Crippen LogP contribution in [0.5, 0.6) is 0 Å². The van der Waals surface area contributed by atoms with Gasteiger partial charge in [-0.25, -0.2) is 4.39 Å². The molecule has 2 amide bonds. The molecule has 2 unspecified atom stereocenters. The molecule has 2 atom stereocenters. The highest BCUT2D eigenvalue weighted by Crippen LogP contribution is 2.45. The highest BCUT2D eigenvalue weighted by Gasteiger charge is 2.44. The van der Waals surface area contributed by atoms with E-state index in [1.54, 1.807) is 12.1 Å².